The Labute approximate surface area is 126 Å². The van der Waals surface area contributed by atoms with Crippen LogP contribution in [-0.2, 0) is 11.3 Å². The fourth-order valence-corrected chi connectivity index (χ4v) is 2.84. The highest BCUT2D eigenvalue weighted by molar-refractivity contribution is 5.48. The number of nitrogens with one attached hydrogen (secondary N) is 2. The molecular formula is C15H26N4O2. The molecule has 2 rings (SSSR count). The molecule has 1 saturated carbocycles. The van der Waals surface area contributed by atoms with Crippen molar-refractivity contribution in [3.63, 3.8) is 0 Å². The van der Waals surface area contributed by atoms with Gasteiger partial charge in [0.1, 0.15) is 18.2 Å². The van der Waals surface area contributed by atoms with E-state index in [-0.39, 0.29) is 12.6 Å². The first-order chi connectivity index (χ1) is 10.3. The third-order valence-electron chi connectivity index (χ3n) is 3.88. The van der Waals surface area contributed by atoms with Crippen LogP contribution < -0.4 is 10.6 Å². The minimum atomic E-state index is 0.230. The molecule has 3 N–H and O–H groups in total. The molecule has 0 amide bonds. The van der Waals surface area contributed by atoms with Gasteiger partial charge in [-0.2, -0.15) is 0 Å². The van der Waals surface area contributed by atoms with E-state index in [0.717, 1.165) is 31.0 Å². The molecule has 0 saturated heterocycles. The lowest BCUT2D eigenvalue weighted by molar-refractivity contribution is 0.176. The fourth-order valence-electron chi connectivity index (χ4n) is 2.84. The molecular weight excluding hydrogens is 268 g/mol. The Morgan fingerprint density at radius 1 is 1.29 bits per heavy atom. The molecule has 2 atom stereocenters. The largest absolute Gasteiger partial charge is 0.396 e. The Kier molecular flexibility index (Phi) is 6.20. The van der Waals surface area contributed by atoms with Gasteiger partial charge in [0.25, 0.3) is 0 Å². The van der Waals surface area contributed by atoms with Crippen molar-refractivity contribution in [3.05, 3.63) is 11.9 Å². The van der Waals surface area contributed by atoms with Gasteiger partial charge in [0.2, 0.25) is 0 Å². The monoisotopic (exact) mass is 294 g/mol. The molecule has 0 aromatic carbocycles. The van der Waals surface area contributed by atoms with Crippen LogP contribution in [0.2, 0.25) is 0 Å². The number of aromatic nitrogens is 2. The summed E-state index contributed by atoms with van der Waals surface area (Å²) in [5, 5.41) is 16.2. The van der Waals surface area contributed by atoms with Crippen molar-refractivity contribution in [2.24, 2.45) is 5.92 Å². The molecule has 1 aromatic heterocycles. The molecule has 21 heavy (non-hydrogen) atoms. The highest BCUT2D eigenvalue weighted by atomic mass is 16.5. The van der Waals surface area contributed by atoms with Gasteiger partial charge in [0.05, 0.1) is 0 Å². The number of ether oxygens (including phenoxy) is 1. The van der Waals surface area contributed by atoms with Crippen LogP contribution in [0, 0.1) is 5.92 Å². The van der Waals surface area contributed by atoms with E-state index in [1.54, 1.807) is 7.11 Å². The third-order valence-corrected chi connectivity index (χ3v) is 3.88. The summed E-state index contributed by atoms with van der Waals surface area (Å²) in [5.74, 6) is 2.58. The number of hydrogen-bond acceptors (Lipinski definition) is 6. The van der Waals surface area contributed by atoms with E-state index in [1.807, 2.05) is 13.0 Å². The third kappa shape index (κ3) is 4.54. The lowest BCUT2D eigenvalue weighted by Crippen LogP contribution is -2.34. The molecule has 6 nitrogen and oxygen atoms in total. The Hall–Kier alpha value is -1.40. The SMILES string of the molecule is CCNc1cc(NC2CCCCC2CO)nc(COC)n1. The molecule has 0 spiro atoms. The number of aliphatic hydroxyl groups is 1. The van der Waals surface area contributed by atoms with Crippen LogP contribution in [0.5, 0.6) is 0 Å². The lowest BCUT2D eigenvalue weighted by atomic mass is 9.85. The summed E-state index contributed by atoms with van der Waals surface area (Å²) >= 11 is 0. The van der Waals surface area contributed by atoms with E-state index >= 15 is 0 Å². The second-order valence-electron chi connectivity index (χ2n) is 5.50. The zero-order valence-electron chi connectivity index (χ0n) is 12.9. The predicted octanol–water partition coefficient (Wildman–Crippen LogP) is 2.02. The smallest absolute Gasteiger partial charge is 0.158 e. The van der Waals surface area contributed by atoms with Gasteiger partial charge >= 0.3 is 0 Å². The van der Waals surface area contributed by atoms with Crippen molar-refractivity contribution in [2.75, 3.05) is 30.9 Å². The van der Waals surface area contributed by atoms with Crippen LogP contribution >= 0.6 is 0 Å². The zero-order chi connectivity index (χ0) is 15.1. The number of rotatable bonds is 7. The van der Waals surface area contributed by atoms with Crippen LogP contribution in [0.15, 0.2) is 6.07 Å². The van der Waals surface area contributed by atoms with Crippen LogP contribution in [-0.4, -0.2) is 41.4 Å². The van der Waals surface area contributed by atoms with Gasteiger partial charge in [0.15, 0.2) is 5.82 Å². The quantitative estimate of drug-likeness (QED) is 0.714. The Balaban J connectivity index is 2.13. The van der Waals surface area contributed by atoms with Crippen LogP contribution in [0.3, 0.4) is 0 Å². The van der Waals surface area contributed by atoms with Crippen molar-refractivity contribution in [2.45, 2.75) is 45.3 Å². The summed E-state index contributed by atoms with van der Waals surface area (Å²) < 4.78 is 5.13. The number of nitrogens with zero attached hydrogens (tertiary/aromatic N) is 2. The van der Waals surface area contributed by atoms with Crippen LogP contribution in [0.1, 0.15) is 38.4 Å². The Morgan fingerprint density at radius 3 is 2.76 bits per heavy atom. The van der Waals surface area contributed by atoms with E-state index < -0.39 is 0 Å². The molecule has 0 bridgehead atoms. The van der Waals surface area contributed by atoms with Gasteiger partial charge in [-0.05, 0) is 19.8 Å². The minimum absolute atomic E-state index is 0.230. The minimum Gasteiger partial charge on any atom is -0.396 e. The van der Waals surface area contributed by atoms with E-state index in [0.29, 0.717) is 18.3 Å². The maximum Gasteiger partial charge on any atom is 0.158 e. The second-order valence-corrected chi connectivity index (χ2v) is 5.50. The summed E-state index contributed by atoms with van der Waals surface area (Å²) in [4.78, 5) is 8.91. The van der Waals surface area contributed by atoms with E-state index in [1.165, 1.54) is 12.8 Å². The second kappa shape index (κ2) is 8.14. The molecule has 1 fully saturated rings. The van der Waals surface area contributed by atoms with Gasteiger partial charge in [-0.1, -0.05) is 12.8 Å². The lowest BCUT2D eigenvalue weighted by Gasteiger charge is -2.31. The van der Waals surface area contributed by atoms with E-state index in [2.05, 4.69) is 20.6 Å². The molecule has 118 valence electrons. The van der Waals surface area contributed by atoms with Crippen molar-refractivity contribution in [1.82, 2.24) is 9.97 Å². The summed E-state index contributed by atoms with van der Waals surface area (Å²) in [7, 11) is 1.64. The van der Waals surface area contributed by atoms with E-state index in [9.17, 15) is 5.11 Å². The number of methoxy groups -OCH3 is 1. The van der Waals surface area contributed by atoms with Crippen molar-refractivity contribution in [1.29, 1.82) is 0 Å². The average Bonchev–Trinajstić information content (AvgIpc) is 2.48. The molecule has 1 heterocycles. The zero-order valence-corrected chi connectivity index (χ0v) is 12.9. The Bertz CT molecular complexity index is 417. The molecule has 1 aliphatic carbocycles. The maximum absolute atomic E-state index is 9.51. The van der Waals surface area contributed by atoms with Crippen molar-refractivity contribution < 1.29 is 9.84 Å². The standard InChI is InChI=1S/C15H26N4O2/c1-3-16-13-8-14(19-15(18-13)10-21-2)17-12-7-5-4-6-11(12)9-20/h8,11-12,20H,3-7,9-10H2,1-2H3,(H2,16,17,18,19). The van der Waals surface area contributed by atoms with Crippen LogP contribution in [0.4, 0.5) is 11.6 Å². The number of aliphatic hydroxyl groups excluding tert-OH is 1. The summed E-state index contributed by atoms with van der Waals surface area (Å²) in [6, 6.07) is 2.20. The highest BCUT2D eigenvalue weighted by Crippen LogP contribution is 2.27. The Morgan fingerprint density at radius 2 is 2.05 bits per heavy atom. The first-order valence-corrected chi connectivity index (χ1v) is 7.75. The van der Waals surface area contributed by atoms with Gasteiger partial charge in [-0.15, -0.1) is 0 Å². The fraction of sp³-hybridized carbons (Fsp3) is 0.733. The maximum atomic E-state index is 9.51. The molecule has 2 unspecified atom stereocenters. The molecule has 0 aliphatic heterocycles. The molecule has 0 radical (unpaired) electrons. The van der Waals surface area contributed by atoms with Gasteiger partial charge in [-0.3, -0.25) is 0 Å². The highest BCUT2D eigenvalue weighted by Gasteiger charge is 2.24. The number of hydrogen-bond donors (Lipinski definition) is 3. The molecule has 1 aliphatic rings. The van der Waals surface area contributed by atoms with Gasteiger partial charge < -0.3 is 20.5 Å². The molecule has 6 heteroatoms. The van der Waals surface area contributed by atoms with Crippen LogP contribution in [0.25, 0.3) is 0 Å². The first kappa shape index (κ1) is 16.0. The normalized spacial score (nSPS) is 22.0. The van der Waals surface area contributed by atoms with E-state index in [4.69, 9.17) is 4.74 Å². The van der Waals surface area contributed by atoms with Crippen molar-refractivity contribution in [3.8, 4) is 0 Å². The predicted molar refractivity (Wildman–Crippen MR) is 83.4 cm³/mol. The summed E-state index contributed by atoms with van der Waals surface area (Å²) in [6.45, 7) is 3.47. The topological polar surface area (TPSA) is 79.3 Å². The van der Waals surface area contributed by atoms with Gasteiger partial charge in [-0.25, -0.2) is 9.97 Å². The summed E-state index contributed by atoms with van der Waals surface area (Å²) in [6.07, 6.45) is 4.55. The first-order valence-electron chi connectivity index (χ1n) is 7.75. The summed E-state index contributed by atoms with van der Waals surface area (Å²) in [5.41, 5.74) is 0. The van der Waals surface area contributed by atoms with Crippen molar-refractivity contribution >= 4 is 11.6 Å². The van der Waals surface area contributed by atoms with Gasteiger partial charge in [0, 0.05) is 38.3 Å². The average molecular weight is 294 g/mol. The molecule has 1 aromatic rings. The number of anilines is 2.